The summed E-state index contributed by atoms with van der Waals surface area (Å²) in [5, 5.41) is 6.25. The normalized spacial score (nSPS) is 11.9. The smallest absolute Gasteiger partial charge is 0.242 e. The van der Waals surface area contributed by atoms with E-state index in [1.807, 2.05) is 38.1 Å². The van der Waals surface area contributed by atoms with Crippen LogP contribution >= 0.6 is 23.2 Å². The van der Waals surface area contributed by atoms with Crippen LogP contribution in [0.2, 0.25) is 10.0 Å². The Morgan fingerprint density at radius 2 is 1.73 bits per heavy atom. The first-order valence-corrected chi connectivity index (χ1v) is 12.2. The zero-order chi connectivity index (χ0) is 23.8. The summed E-state index contributed by atoms with van der Waals surface area (Å²) >= 11 is 12.5. The van der Waals surface area contributed by atoms with Crippen LogP contribution in [0.25, 0.3) is 10.8 Å². The van der Waals surface area contributed by atoms with Gasteiger partial charge in [0.2, 0.25) is 11.8 Å². The van der Waals surface area contributed by atoms with Gasteiger partial charge in [-0.2, -0.15) is 0 Å². The molecule has 0 aliphatic heterocycles. The fraction of sp³-hybridized carbons (Fsp3) is 0.333. The van der Waals surface area contributed by atoms with Gasteiger partial charge in [0.05, 0.1) is 0 Å². The number of rotatable bonds is 10. The molecule has 174 valence electrons. The van der Waals surface area contributed by atoms with E-state index in [2.05, 4.69) is 29.6 Å². The van der Waals surface area contributed by atoms with Crippen LogP contribution in [0.1, 0.15) is 44.2 Å². The first kappa shape index (κ1) is 25.1. The fourth-order valence-corrected chi connectivity index (χ4v) is 4.48. The summed E-state index contributed by atoms with van der Waals surface area (Å²) in [6.07, 6.45) is 2.25. The van der Waals surface area contributed by atoms with Gasteiger partial charge in [-0.3, -0.25) is 9.59 Å². The van der Waals surface area contributed by atoms with Gasteiger partial charge in [0, 0.05) is 29.6 Å². The number of hydrogen-bond donors (Lipinski definition) is 1. The highest BCUT2D eigenvalue weighted by molar-refractivity contribution is 6.35. The van der Waals surface area contributed by atoms with Crippen molar-refractivity contribution < 1.29 is 9.59 Å². The number of carbonyl (C=O) groups excluding carboxylic acids is 2. The number of nitrogens with zero attached hydrogens (tertiary/aromatic N) is 1. The van der Waals surface area contributed by atoms with Gasteiger partial charge < -0.3 is 10.2 Å². The third-order valence-corrected chi connectivity index (χ3v) is 6.37. The van der Waals surface area contributed by atoms with Gasteiger partial charge in [-0.05, 0) is 53.3 Å². The highest BCUT2D eigenvalue weighted by Crippen LogP contribution is 2.25. The molecule has 0 fully saturated rings. The average Bonchev–Trinajstić information content (AvgIpc) is 2.82. The number of nitrogens with one attached hydrogen (secondary N) is 1. The van der Waals surface area contributed by atoms with Crippen LogP contribution in [-0.2, 0) is 22.6 Å². The molecule has 0 aromatic heterocycles. The van der Waals surface area contributed by atoms with Gasteiger partial charge in [0.25, 0.3) is 0 Å². The second-order valence-corrected chi connectivity index (χ2v) is 8.95. The van der Waals surface area contributed by atoms with E-state index in [0.29, 0.717) is 35.9 Å². The third-order valence-electron chi connectivity index (χ3n) is 5.78. The molecular weight excluding hydrogens is 455 g/mol. The predicted molar refractivity (Wildman–Crippen MR) is 137 cm³/mol. The van der Waals surface area contributed by atoms with Crippen LogP contribution in [0.5, 0.6) is 0 Å². The number of carbonyl (C=O) groups is 2. The fourth-order valence-electron chi connectivity index (χ4n) is 4.01. The Kier molecular flexibility index (Phi) is 9.16. The first-order chi connectivity index (χ1) is 15.9. The number of halogens is 2. The van der Waals surface area contributed by atoms with E-state index in [-0.39, 0.29) is 18.4 Å². The molecule has 0 saturated carbocycles. The van der Waals surface area contributed by atoms with E-state index in [4.69, 9.17) is 23.2 Å². The van der Waals surface area contributed by atoms with Crippen molar-refractivity contribution in [3.8, 4) is 0 Å². The molecule has 4 nitrogen and oxygen atoms in total. The lowest BCUT2D eigenvalue weighted by atomic mass is 10.00. The molecule has 0 saturated heterocycles. The molecule has 1 atom stereocenters. The number of aryl methyl sites for hydroxylation is 1. The maximum absolute atomic E-state index is 13.5. The Morgan fingerprint density at radius 3 is 2.45 bits per heavy atom. The summed E-state index contributed by atoms with van der Waals surface area (Å²) in [7, 11) is 0. The standard InChI is InChI=1S/C27H30Cl2N2O2/c1-3-16-30-27(33)25(4-2)31(18-21-12-14-22(28)17-24(21)29)26(32)15-13-20-10-7-9-19-8-5-6-11-23(19)20/h5-12,14,17,25H,3-4,13,15-16,18H2,1-2H3,(H,30,33). The van der Waals surface area contributed by atoms with Crippen molar-refractivity contribution in [2.45, 2.75) is 52.1 Å². The molecule has 0 radical (unpaired) electrons. The lowest BCUT2D eigenvalue weighted by Gasteiger charge is -2.31. The zero-order valence-electron chi connectivity index (χ0n) is 19.1. The van der Waals surface area contributed by atoms with Crippen LogP contribution in [0, 0.1) is 0 Å². The Hall–Kier alpha value is -2.56. The highest BCUT2D eigenvalue weighted by atomic mass is 35.5. The van der Waals surface area contributed by atoms with E-state index in [1.54, 1.807) is 17.0 Å². The van der Waals surface area contributed by atoms with Gasteiger partial charge in [-0.15, -0.1) is 0 Å². The molecule has 3 aromatic carbocycles. The minimum absolute atomic E-state index is 0.0764. The van der Waals surface area contributed by atoms with E-state index in [1.165, 1.54) is 0 Å². The molecule has 0 bridgehead atoms. The minimum atomic E-state index is -0.566. The largest absolute Gasteiger partial charge is 0.354 e. The van der Waals surface area contributed by atoms with Crippen molar-refractivity contribution >= 4 is 45.8 Å². The molecule has 0 aliphatic rings. The Labute approximate surface area is 205 Å². The molecule has 1 unspecified atom stereocenters. The average molecular weight is 485 g/mol. The second kappa shape index (κ2) is 12.1. The topological polar surface area (TPSA) is 49.4 Å². The molecule has 2 amide bonds. The van der Waals surface area contributed by atoms with Crippen LogP contribution < -0.4 is 5.32 Å². The van der Waals surface area contributed by atoms with E-state index < -0.39 is 6.04 Å². The summed E-state index contributed by atoms with van der Waals surface area (Å²) < 4.78 is 0. The van der Waals surface area contributed by atoms with Crippen molar-refractivity contribution in [2.75, 3.05) is 6.54 Å². The predicted octanol–water partition coefficient (Wildman–Crippen LogP) is 6.41. The third kappa shape index (κ3) is 6.49. The Bertz CT molecular complexity index is 1110. The lowest BCUT2D eigenvalue weighted by Crippen LogP contribution is -2.49. The number of hydrogen-bond acceptors (Lipinski definition) is 2. The van der Waals surface area contributed by atoms with E-state index in [9.17, 15) is 9.59 Å². The number of amides is 2. The number of fused-ring (bicyclic) bond motifs is 1. The second-order valence-electron chi connectivity index (χ2n) is 8.11. The Balaban J connectivity index is 1.84. The molecule has 33 heavy (non-hydrogen) atoms. The van der Waals surface area contributed by atoms with Crippen molar-refractivity contribution in [1.82, 2.24) is 10.2 Å². The van der Waals surface area contributed by atoms with Crippen molar-refractivity contribution in [3.05, 3.63) is 81.8 Å². The zero-order valence-corrected chi connectivity index (χ0v) is 20.6. The summed E-state index contributed by atoms with van der Waals surface area (Å²) in [5.74, 6) is -0.213. The van der Waals surface area contributed by atoms with Gasteiger partial charge in [-0.1, -0.05) is 85.6 Å². The monoisotopic (exact) mass is 484 g/mol. The van der Waals surface area contributed by atoms with Gasteiger partial charge in [0.1, 0.15) is 6.04 Å². The van der Waals surface area contributed by atoms with Gasteiger partial charge >= 0.3 is 0 Å². The molecule has 3 aromatic rings. The van der Waals surface area contributed by atoms with Crippen LogP contribution in [0.4, 0.5) is 0 Å². The SMILES string of the molecule is CCCNC(=O)C(CC)N(Cc1ccc(Cl)cc1Cl)C(=O)CCc1cccc2ccccc12. The van der Waals surface area contributed by atoms with Crippen molar-refractivity contribution in [1.29, 1.82) is 0 Å². The number of benzene rings is 3. The molecule has 0 spiro atoms. The molecule has 1 N–H and O–H groups in total. The minimum Gasteiger partial charge on any atom is -0.354 e. The summed E-state index contributed by atoms with van der Waals surface area (Å²) in [5.41, 5.74) is 1.88. The maximum atomic E-state index is 13.5. The molecular formula is C27H30Cl2N2O2. The highest BCUT2D eigenvalue weighted by Gasteiger charge is 2.28. The summed E-state index contributed by atoms with van der Waals surface area (Å²) in [6, 6.07) is 19.0. The van der Waals surface area contributed by atoms with Crippen molar-refractivity contribution in [2.24, 2.45) is 0 Å². The van der Waals surface area contributed by atoms with Crippen molar-refractivity contribution in [3.63, 3.8) is 0 Å². The summed E-state index contributed by atoms with van der Waals surface area (Å²) in [4.78, 5) is 28.0. The molecule has 3 rings (SSSR count). The molecule has 0 aliphatic carbocycles. The van der Waals surface area contributed by atoms with Crippen LogP contribution in [0.15, 0.2) is 60.7 Å². The quantitative estimate of drug-likeness (QED) is 0.361. The lowest BCUT2D eigenvalue weighted by molar-refractivity contribution is -0.141. The Morgan fingerprint density at radius 1 is 0.970 bits per heavy atom. The molecule has 0 heterocycles. The van der Waals surface area contributed by atoms with E-state index in [0.717, 1.165) is 28.3 Å². The van der Waals surface area contributed by atoms with Crippen LogP contribution in [0.3, 0.4) is 0 Å². The first-order valence-electron chi connectivity index (χ1n) is 11.4. The van der Waals surface area contributed by atoms with E-state index >= 15 is 0 Å². The summed E-state index contributed by atoms with van der Waals surface area (Å²) in [6.45, 7) is 4.75. The van der Waals surface area contributed by atoms with Crippen LogP contribution in [-0.4, -0.2) is 29.3 Å². The van der Waals surface area contributed by atoms with Gasteiger partial charge in [0.15, 0.2) is 0 Å². The maximum Gasteiger partial charge on any atom is 0.242 e. The molecule has 6 heteroatoms. The van der Waals surface area contributed by atoms with Gasteiger partial charge in [-0.25, -0.2) is 0 Å².